The van der Waals surface area contributed by atoms with Crippen LogP contribution in [0, 0.1) is 6.92 Å². The Kier molecular flexibility index (Phi) is 3.65. The Labute approximate surface area is 125 Å². The van der Waals surface area contributed by atoms with Crippen LogP contribution in [-0.4, -0.2) is 38.1 Å². The lowest BCUT2D eigenvalue weighted by Gasteiger charge is -2.02. The van der Waals surface area contributed by atoms with Gasteiger partial charge in [0.25, 0.3) is 0 Å². The highest BCUT2D eigenvalue weighted by Crippen LogP contribution is 2.24. The molecule has 1 N–H and O–H groups in total. The van der Waals surface area contributed by atoms with Gasteiger partial charge in [-0.2, -0.15) is 15.3 Å². The van der Waals surface area contributed by atoms with Crippen molar-refractivity contribution in [2.45, 2.75) is 13.8 Å². The molecule has 3 rings (SSSR count). The summed E-state index contributed by atoms with van der Waals surface area (Å²) >= 11 is 0. The standard InChI is InChI=1S/C14H13N5O3/c1-3-21-14(20)12-11(16-19-17-12)9-4-6-10(7-5-9)13-15-8(2)22-18-13/h4-7H,3H2,1-2H3,(H,16,17,19). The molecule has 0 amide bonds. The van der Waals surface area contributed by atoms with Gasteiger partial charge in [0.15, 0.2) is 5.69 Å². The smallest absolute Gasteiger partial charge is 0.361 e. The second kappa shape index (κ2) is 5.76. The number of aryl methyl sites for hydroxylation is 1. The largest absolute Gasteiger partial charge is 0.461 e. The summed E-state index contributed by atoms with van der Waals surface area (Å²) in [5.41, 5.74) is 2.14. The summed E-state index contributed by atoms with van der Waals surface area (Å²) in [6, 6.07) is 7.26. The molecular weight excluding hydrogens is 286 g/mol. The number of aromatic nitrogens is 5. The van der Waals surface area contributed by atoms with Crippen molar-refractivity contribution in [3.63, 3.8) is 0 Å². The number of nitrogens with one attached hydrogen (secondary N) is 1. The van der Waals surface area contributed by atoms with E-state index in [-0.39, 0.29) is 12.3 Å². The fourth-order valence-corrected chi connectivity index (χ4v) is 1.97. The molecule has 0 spiro atoms. The van der Waals surface area contributed by atoms with Gasteiger partial charge in [0, 0.05) is 18.1 Å². The van der Waals surface area contributed by atoms with E-state index in [2.05, 4.69) is 25.6 Å². The third-order valence-electron chi connectivity index (χ3n) is 2.96. The fourth-order valence-electron chi connectivity index (χ4n) is 1.97. The van der Waals surface area contributed by atoms with E-state index < -0.39 is 5.97 Å². The molecule has 0 fully saturated rings. The van der Waals surface area contributed by atoms with Gasteiger partial charge >= 0.3 is 5.97 Å². The quantitative estimate of drug-likeness (QED) is 0.734. The highest BCUT2D eigenvalue weighted by Gasteiger charge is 2.19. The van der Waals surface area contributed by atoms with E-state index in [1.54, 1.807) is 13.8 Å². The lowest BCUT2D eigenvalue weighted by molar-refractivity contribution is 0.0520. The van der Waals surface area contributed by atoms with Crippen LogP contribution in [0.4, 0.5) is 0 Å². The van der Waals surface area contributed by atoms with Crippen molar-refractivity contribution in [1.82, 2.24) is 25.6 Å². The van der Waals surface area contributed by atoms with Crippen molar-refractivity contribution in [2.24, 2.45) is 0 Å². The van der Waals surface area contributed by atoms with E-state index >= 15 is 0 Å². The first-order valence-corrected chi connectivity index (χ1v) is 6.68. The third-order valence-corrected chi connectivity index (χ3v) is 2.96. The molecule has 0 saturated heterocycles. The van der Waals surface area contributed by atoms with Gasteiger partial charge in [-0.1, -0.05) is 29.4 Å². The fraction of sp³-hybridized carbons (Fsp3) is 0.214. The SMILES string of the molecule is CCOC(=O)c1n[nH]nc1-c1ccc(-c2noc(C)n2)cc1. The number of ether oxygens (including phenoxy) is 1. The van der Waals surface area contributed by atoms with Crippen molar-refractivity contribution in [3.8, 4) is 22.6 Å². The summed E-state index contributed by atoms with van der Waals surface area (Å²) in [6.45, 7) is 3.74. The third kappa shape index (κ3) is 2.58. The summed E-state index contributed by atoms with van der Waals surface area (Å²) in [5.74, 6) is 0.499. The minimum absolute atomic E-state index is 0.157. The van der Waals surface area contributed by atoms with Crippen molar-refractivity contribution in [3.05, 3.63) is 35.9 Å². The molecule has 0 saturated carbocycles. The molecule has 0 bridgehead atoms. The molecule has 1 aromatic carbocycles. The van der Waals surface area contributed by atoms with Gasteiger partial charge in [-0.3, -0.25) is 0 Å². The molecule has 8 nitrogen and oxygen atoms in total. The van der Waals surface area contributed by atoms with Crippen LogP contribution in [0.25, 0.3) is 22.6 Å². The number of esters is 1. The summed E-state index contributed by atoms with van der Waals surface area (Å²) in [7, 11) is 0. The van der Waals surface area contributed by atoms with Gasteiger partial charge in [-0.15, -0.1) is 5.10 Å². The van der Waals surface area contributed by atoms with Crippen molar-refractivity contribution in [2.75, 3.05) is 6.61 Å². The van der Waals surface area contributed by atoms with Gasteiger partial charge in [-0.05, 0) is 6.92 Å². The normalized spacial score (nSPS) is 10.6. The Morgan fingerprint density at radius 1 is 1.23 bits per heavy atom. The number of carbonyl (C=O) groups excluding carboxylic acids is 1. The van der Waals surface area contributed by atoms with E-state index in [4.69, 9.17) is 9.26 Å². The van der Waals surface area contributed by atoms with E-state index in [1.165, 1.54) is 0 Å². The Hall–Kier alpha value is -3.03. The molecule has 0 aliphatic carbocycles. The number of rotatable bonds is 4. The zero-order valence-corrected chi connectivity index (χ0v) is 12.0. The van der Waals surface area contributed by atoms with E-state index in [9.17, 15) is 4.79 Å². The van der Waals surface area contributed by atoms with E-state index in [0.29, 0.717) is 17.4 Å². The summed E-state index contributed by atoms with van der Waals surface area (Å²) in [4.78, 5) is 16.0. The molecular formula is C14H13N5O3. The number of nitrogens with zero attached hydrogens (tertiary/aromatic N) is 4. The highest BCUT2D eigenvalue weighted by molar-refractivity contribution is 5.94. The van der Waals surface area contributed by atoms with Gasteiger partial charge in [0.2, 0.25) is 11.7 Å². The van der Waals surface area contributed by atoms with Gasteiger partial charge in [0.1, 0.15) is 5.69 Å². The minimum atomic E-state index is -0.510. The Morgan fingerprint density at radius 3 is 2.59 bits per heavy atom. The molecule has 22 heavy (non-hydrogen) atoms. The Morgan fingerprint density at radius 2 is 1.95 bits per heavy atom. The lowest BCUT2D eigenvalue weighted by atomic mass is 10.1. The van der Waals surface area contributed by atoms with Crippen LogP contribution in [0.5, 0.6) is 0 Å². The second-order valence-corrected chi connectivity index (χ2v) is 4.46. The number of H-pyrrole nitrogens is 1. The number of carbonyl (C=O) groups is 1. The predicted molar refractivity (Wildman–Crippen MR) is 75.8 cm³/mol. The molecule has 2 heterocycles. The summed E-state index contributed by atoms with van der Waals surface area (Å²) in [6.07, 6.45) is 0. The van der Waals surface area contributed by atoms with Crippen molar-refractivity contribution in [1.29, 1.82) is 0 Å². The maximum atomic E-state index is 11.8. The van der Waals surface area contributed by atoms with Gasteiger partial charge in [0.05, 0.1) is 6.61 Å². The summed E-state index contributed by atoms with van der Waals surface area (Å²) < 4.78 is 9.90. The molecule has 0 aliphatic rings. The second-order valence-electron chi connectivity index (χ2n) is 4.46. The highest BCUT2D eigenvalue weighted by atomic mass is 16.5. The van der Waals surface area contributed by atoms with Crippen LogP contribution >= 0.6 is 0 Å². The van der Waals surface area contributed by atoms with E-state index in [0.717, 1.165) is 11.1 Å². The molecule has 0 radical (unpaired) electrons. The lowest BCUT2D eigenvalue weighted by Crippen LogP contribution is -2.06. The van der Waals surface area contributed by atoms with Crippen LogP contribution in [0.15, 0.2) is 28.8 Å². The van der Waals surface area contributed by atoms with Crippen molar-refractivity contribution < 1.29 is 14.1 Å². The maximum absolute atomic E-state index is 11.8. The average Bonchev–Trinajstić information content (AvgIpc) is 3.16. The van der Waals surface area contributed by atoms with E-state index in [1.807, 2.05) is 24.3 Å². The van der Waals surface area contributed by atoms with Gasteiger partial charge in [-0.25, -0.2) is 4.79 Å². The minimum Gasteiger partial charge on any atom is -0.461 e. The molecule has 0 atom stereocenters. The zero-order chi connectivity index (χ0) is 15.5. The first kappa shape index (κ1) is 13.9. The van der Waals surface area contributed by atoms with Crippen LogP contribution < -0.4 is 0 Å². The number of aromatic amines is 1. The molecule has 3 aromatic rings. The first-order chi connectivity index (χ1) is 10.7. The number of hydrogen-bond donors (Lipinski definition) is 1. The predicted octanol–water partition coefficient (Wildman–Crippen LogP) is 2.01. The van der Waals surface area contributed by atoms with Crippen LogP contribution in [0.3, 0.4) is 0 Å². The number of benzene rings is 1. The maximum Gasteiger partial charge on any atom is 0.361 e. The first-order valence-electron chi connectivity index (χ1n) is 6.68. The number of hydrogen-bond acceptors (Lipinski definition) is 7. The van der Waals surface area contributed by atoms with Crippen LogP contribution in [0.1, 0.15) is 23.3 Å². The topological polar surface area (TPSA) is 107 Å². The summed E-state index contributed by atoms with van der Waals surface area (Å²) in [5, 5.41) is 14.2. The molecule has 2 aromatic heterocycles. The van der Waals surface area contributed by atoms with Crippen molar-refractivity contribution >= 4 is 5.97 Å². The Balaban J connectivity index is 1.91. The molecule has 112 valence electrons. The molecule has 0 aliphatic heterocycles. The monoisotopic (exact) mass is 299 g/mol. The molecule has 8 heteroatoms. The average molecular weight is 299 g/mol. The zero-order valence-electron chi connectivity index (χ0n) is 12.0. The van der Waals surface area contributed by atoms with Crippen LogP contribution in [0.2, 0.25) is 0 Å². The van der Waals surface area contributed by atoms with Gasteiger partial charge < -0.3 is 9.26 Å². The Bertz CT molecular complexity index is 791. The molecule has 0 unspecified atom stereocenters. The van der Waals surface area contributed by atoms with Crippen LogP contribution in [-0.2, 0) is 4.74 Å².